The number of nitrogens with one attached hydrogen (secondary N) is 2. The first-order chi connectivity index (χ1) is 12.2. The lowest BCUT2D eigenvalue weighted by molar-refractivity contribution is 0.129. The van der Waals surface area contributed by atoms with Crippen molar-refractivity contribution in [2.24, 2.45) is 0 Å². The van der Waals surface area contributed by atoms with Crippen LogP contribution in [-0.4, -0.2) is 18.2 Å². The number of aryl methyl sites for hydroxylation is 1. The summed E-state index contributed by atoms with van der Waals surface area (Å²) in [5.74, 6) is 0. The van der Waals surface area contributed by atoms with Crippen molar-refractivity contribution in [3.05, 3.63) is 65.7 Å². The predicted molar refractivity (Wildman–Crippen MR) is 101 cm³/mol. The highest BCUT2D eigenvalue weighted by molar-refractivity contribution is 5.67. The van der Waals surface area contributed by atoms with Crippen molar-refractivity contribution in [3.63, 3.8) is 0 Å². The molecule has 1 aliphatic carbocycles. The number of benzene rings is 2. The van der Waals surface area contributed by atoms with Gasteiger partial charge >= 0.3 is 6.09 Å². The lowest BCUT2D eigenvalue weighted by atomic mass is 9.86. The van der Waals surface area contributed by atoms with Gasteiger partial charge in [-0.25, -0.2) is 4.79 Å². The number of hydrogen-bond donors (Lipinski definition) is 2. The summed E-state index contributed by atoms with van der Waals surface area (Å²) in [5.41, 5.74) is 3.52. The number of carbonyl (C=O) groups is 1. The first kappa shape index (κ1) is 17.3. The second-order valence-electron chi connectivity index (χ2n) is 6.66. The van der Waals surface area contributed by atoms with E-state index in [1.807, 2.05) is 30.3 Å². The molecule has 0 radical (unpaired) electrons. The van der Waals surface area contributed by atoms with Gasteiger partial charge in [0.25, 0.3) is 0 Å². The Bertz CT molecular complexity index is 664. The number of rotatable bonds is 7. The molecule has 4 nitrogen and oxygen atoms in total. The first-order valence-corrected chi connectivity index (χ1v) is 9.05. The minimum Gasteiger partial charge on any atom is -0.445 e. The van der Waals surface area contributed by atoms with Crippen LogP contribution >= 0.6 is 0 Å². The number of anilines is 1. The Kier molecular flexibility index (Phi) is 5.94. The van der Waals surface area contributed by atoms with Gasteiger partial charge in [0.05, 0.1) is 0 Å². The molecule has 25 heavy (non-hydrogen) atoms. The van der Waals surface area contributed by atoms with Crippen LogP contribution in [0.25, 0.3) is 0 Å². The highest BCUT2D eigenvalue weighted by Crippen LogP contribution is 2.24. The summed E-state index contributed by atoms with van der Waals surface area (Å²) in [4.78, 5) is 11.8. The smallest absolute Gasteiger partial charge is 0.407 e. The molecule has 0 bridgehead atoms. The van der Waals surface area contributed by atoms with E-state index in [1.165, 1.54) is 12.0 Å². The summed E-state index contributed by atoms with van der Waals surface area (Å²) >= 11 is 0. The fraction of sp³-hybridized carbons (Fsp3) is 0.381. The van der Waals surface area contributed by atoms with Crippen LogP contribution in [0.4, 0.5) is 10.5 Å². The normalized spacial score (nSPS) is 18.9. The van der Waals surface area contributed by atoms with E-state index < -0.39 is 0 Å². The number of carbonyl (C=O) groups excluding carboxylic acids is 1. The summed E-state index contributed by atoms with van der Waals surface area (Å²) in [6, 6.07) is 19.0. The Balaban J connectivity index is 1.34. The summed E-state index contributed by atoms with van der Waals surface area (Å²) < 4.78 is 5.25. The van der Waals surface area contributed by atoms with Crippen molar-refractivity contribution in [1.82, 2.24) is 5.32 Å². The Labute approximate surface area is 149 Å². The molecule has 1 fully saturated rings. The standard InChI is InChI=1S/C21H26N2O2/c1-2-6-16-9-11-18(12-10-16)22-19-13-20(14-19)23-21(24)25-15-17-7-4-3-5-8-17/h3-5,7-12,19-20,22H,2,6,13-15H2,1H3,(H,23,24). The molecule has 2 N–H and O–H groups in total. The molecule has 0 unspecified atom stereocenters. The largest absolute Gasteiger partial charge is 0.445 e. The zero-order valence-electron chi connectivity index (χ0n) is 14.7. The zero-order valence-corrected chi connectivity index (χ0v) is 14.7. The maximum atomic E-state index is 11.8. The summed E-state index contributed by atoms with van der Waals surface area (Å²) in [7, 11) is 0. The van der Waals surface area contributed by atoms with Gasteiger partial charge in [0.15, 0.2) is 0 Å². The highest BCUT2D eigenvalue weighted by Gasteiger charge is 2.30. The number of hydrogen-bond acceptors (Lipinski definition) is 3. The van der Waals surface area contributed by atoms with Gasteiger partial charge in [-0.15, -0.1) is 0 Å². The molecule has 1 saturated carbocycles. The molecule has 4 heteroatoms. The van der Waals surface area contributed by atoms with E-state index in [0.717, 1.165) is 30.5 Å². The molecular formula is C21H26N2O2. The van der Waals surface area contributed by atoms with Crippen LogP contribution in [-0.2, 0) is 17.8 Å². The number of amides is 1. The van der Waals surface area contributed by atoms with Crippen LogP contribution < -0.4 is 10.6 Å². The quantitative estimate of drug-likeness (QED) is 0.781. The minimum atomic E-state index is -0.337. The third-order valence-corrected chi connectivity index (χ3v) is 4.54. The Morgan fingerprint density at radius 2 is 1.72 bits per heavy atom. The SMILES string of the molecule is CCCc1ccc(NC2CC(NC(=O)OCc3ccccc3)C2)cc1. The topological polar surface area (TPSA) is 50.4 Å². The van der Waals surface area contributed by atoms with E-state index in [2.05, 4.69) is 41.8 Å². The van der Waals surface area contributed by atoms with Gasteiger partial charge in [0, 0.05) is 17.8 Å². The average Bonchev–Trinajstić information content (AvgIpc) is 2.61. The Hall–Kier alpha value is -2.49. The summed E-state index contributed by atoms with van der Waals surface area (Å²) in [6.45, 7) is 2.50. The molecule has 0 atom stereocenters. The molecule has 3 rings (SSSR count). The summed E-state index contributed by atoms with van der Waals surface area (Å²) in [5, 5.41) is 6.44. The number of alkyl carbamates (subject to hydrolysis) is 1. The monoisotopic (exact) mass is 338 g/mol. The third kappa shape index (κ3) is 5.24. The van der Waals surface area contributed by atoms with Crippen LogP contribution in [0.3, 0.4) is 0 Å². The predicted octanol–water partition coefficient (Wildman–Crippen LogP) is 4.51. The van der Waals surface area contributed by atoms with Gasteiger partial charge in [0.2, 0.25) is 0 Å². The Morgan fingerprint density at radius 3 is 2.40 bits per heavy atom. The molecule has 132 valence electrons. The van der Waals surface area contributed by atoms with Crippen molar-refractivity contribution in [2.45, 2.75) is 51.3 Å². The van der Waals surface area contributed by atoms with Crippen molar-refractivity contribution < 1.29 is 9.53 Å². The van der Waals surface area contributed by atoms with Crippen LogP contribution in [0.2, 0.25) is 0 Å². The molecule has 0 aromatic heterocycles. The molecule has 1 amide bonds. The van der Waals surface area contributed by atoms with E-state index in [0.29, 0.717) is 12.6 Å². The molecule has 2 aromatic rings. The zero-order chi connectivity index (χ0) is 17.5. The lowest BCUT2D eigenvalue weighted by Crippen LogP contribution is -2.49. The molecule has 0 heterocycles. The first-order valence-electron chi connectivity index (χ1n) is 9.05. The van der Waals surface area contributed by atoms with E-state index >= 15 is 0 Å². The van der Waals surface area contributed by atoms with Crippen molar-refractivity contribution >= 4 is 11.8 Å². The summed E-state index contributed by atoms with van der Waals surface area (Å²) in [6.07, 6.45) is 3.81. The number of ether oxygens (including phenoxy) is 1. The molecule has 0 saturated heterocycles. The molecule has 0 spiro atoms. The van der Waals surface area contributed by atoms with Crippen LogP contribution in [0.15, 0.2) is 54.6 Å². The third-order valence-electron chi connectivity index (χ3n) is 4.54. The van der Waals surface area contributed by atoms with E-state index in [-0.39, 0.29) is 12.1 Å². The van der Waals surface area contributed by atoms with Gasteiger partial charge in [-0.1, -0.05) is 55.8 Å². The molecule has 0 aliphatic heterocycles. The second kappa shape index (κ2) is 8.56. The Morgan fingerprint density at radius 1 is 1.00 bits per heavy atom. The van der Waals surface area contributed by atoms with Crippen molar-refractivity contribution in [2.75, 3.05) is 5.32 Å². The highest BCUT2D eigenvalue weighted by atomic mass is 16.5. The fourth-order valence-corrected chi connectivity index (χ4v) is 3.08. The maximum Gasteiger partial charge on any atom is 0.407 e. The van der Waals surface area contributed by atoms with Crippen molar-refractivity contribution in [1.29, 1.82) is 0 Å². The maximum absolute atomic E-state index is 11.8. The van der Waals surface area contributed by atoms with E-state index in [9.17, 15) is 4.79 Å². The van der Waals surface area contributed by atoms with Crippen LogP contribution in [0, 0.1) is 0 Å². The minimum absolute atomic E-state index is 0.195. The van der Waals surface area contributed by atoms with Gasteiger partial charge in [-0.2, -0.15) is 0 Å². The van der Waals surface area contributed by atoms with Crippen LogP contribution in [0.1, 0.15) is 37.3 Å². The van der Waals surface area contributed by atoms with E-state index in [1.54, 1.807) is 0 Å². The van der Waals surface area contributed by atoms with Crippen molar-refractivity contribution in [3.8, 4) is 0 Å². The van der Waals surface area contributed by atoms with E-state index in [4.69, 9.17) is 4.74 Å². The van der Waals surface area contributed by atoms with Gasteiger partial charge in [-0.3, -0.25) is 0 Å². The fourth-order valence-electron chi connectivity index (χ4n) is 3.08. The van der Waals surface area contributed by atoms with Gasteiger partial charge < -0.3 is 15.4 Å². The second-order valence-corrected chi connectivity index (χ2v) is 6.66. The molecule has 2 aromatic carbocycles. The average molecular weight is 338 g/mol. The molecular weight excluding hydrogens is 312 g/mol. The van der Waals surface area contributed by atoms with Gasteiger partial charge in [0.1, 0.15) is 6.61 Å². The molecule has 1 aliphatic rings. The van der Waals surface area contributed by atoms with Crippen LogP contribution in [0.5, 0.6) is 0 Å². The van der Waals surface area contributed by atoms with Gasteiger partial charge in [-0.05, 0) is 42.5 Å². The lowest BCUT2D eigenvalue weighted by Gasteiger charge is -2.36.